The fraction of sp³-hybridized carbons (Fsp3) is 0.294. The Balaban J connectivity index is 1.58. The number of aromatic nitrogens is 4. The Bertz CT molecular complexity index is 959. The lowest BCUT2D eigenvalue weighted by molar-refractivity contribution is 0.133. The van der Waals surface area contributed by atoms with Gasteiger partial charge in [-0.25, -0.2) is 14.8 Å². The summed E-state index contributed by atoms with van der Waals surface area (Å²) in [7, 11) is 0. The number of fused-ring (bicyclic) bond motifs is 1. The molecule has 1 fully saturated rings. The average molecular weight is 373 g/mol. The van der Waals surface area contributed by atoms with Crippen LogP contribution in [0.4, 0.5) is 10.6 Å². The summed E-state index contributed by atoms with van der Waals surface area (Å²) in [6.07, 6.45) is 7.64. The Morgan fingerprint density at radius 2 is 2.19 bits per heavy atom. The molecule has 0 spiro atoms. The maximum atomic E-state index is 11.2. The molecule has 1 aliphatic rings. The van der Waals surface area contributed by atoms with E-state index in [0.29, 0.717) is 29.6 Å². The molecule has 4 rings (SSSR count). The number of carbonyl (C=O) groups is 1. The first-order valence-corrected chi connectivity index (χ1v) is 8.67. The molecule has 1 amide bonds. The van der Waals surface area contributed by atoms with Gasteiger partial charge in [0.25, 0.3) is 0 Å². The SMILES string of the molecule is O=C(O)N1CCC[C@@H](Nc2cncc(-c3cnc4ccc(Cl)cn34)n2)C1. The van der Waals surface area contributed by atoms with Crippen molar-refractivity contribution in [2.75, 3.05) is 18.4 Å². The van der Waals surface area contributed by atoms with Crippen molar-refractivity contribution < 1.29 is 9.90 Å². The molecule has 0 bridgehead atoms. The Kier molecular flexibility index (Phi) is 4.34. The first-order valence-electron chi connectivity index (χ1n) is 8.29. The Labute approximate surface area is 154 Å². The minimum absolute atomic E-state index is 0.0148. The normalized spacial score (nSPS) is 17.4. The predicted molar refractivity (Wildman–Crippen MR) is 97.5 cm³/mol. The van der Waals surface area contributed by atoms with Gasteiger partial charge in [0.05, 0.1) is 29.3 Å². The van der Waals surface area contributed by atoms with Crippen LogP contribution in [0.25, 0.3) is 17.0 Å². The van der Waals surface area contributed by atoms with Crippen LogP contribution in [0.5, 0.6) is 0 Å². The van der Waals surface area contributed by atoms with Crippen molar-refractivity contribution in [2.45, 2.75) is 18.9 Å². The van der Waals surface area contributed by atoms with E-state index in [0.717, 1.165) is 24.2 Å². The van der Waals surface area contributed by atoms with Crippen LogP contribution in [-0.2, 0) is 0 Å². The maximum Gasteiger partial charge on any atom is 0.407 e. The molecule has 1 aliphatic heterocycles. The van der Waals surface area contributed by atoms with Gasteiger partial charge in [-0.2, -0.15) is 0 Å². The van der Waals surface area contributed by atoms with E-state index in [1.165, 1.54) is 4.90 Å². The van der Waals surface area contributed by atoms with E-state index >= 15 is 0 Å². The molecule has 0 aliphatic carbocycles. The first kappa shape index (κ1) is 16.6. The number of rotatable bonds is 3. The number of anilines is 1. The minimum Gasteiger partial charge on any atom is -0.465 e. The lowest BCUT2D eigenvalue weighted by Gasteiger charge is -2.31. The molecule has 3 aromatic rings. The number of nitrogens with one attached hydrogen (secondary N) is 1. The number of imidazole rings is 1. The van der Waals surface area contributed by atoms with Crippen LogP contribution in [0.1, 0.15) is 12.8 Å². The third-order valence-corrected chi connectivity index (χ3v) is 4.63. The third-order valence-electron chi connectivity index (χ3n) is 4.41. The van der Waals surface area contributed by atoms with Gasteiger partial charge < -0.3 is 15.3 Å². The number of hydrogen-bond donors (Lipinski definition) is 2. The maximum absolute atomic E-state index is 11.2. The zero-order valence-corrected chi connectivity index (χ0v) is 14.6. The van der Waals surface area contributed by atoms with E-state index in [2.05, 4.69) is 20.3 Å². The topological polar surface area (TPSA) is 95.7 Å². The predicted octanol–water partition coefficient (Wildman–Crippen LogP) is 3.00. The molecular weight excluding hydrogens is 356 g/mol. The van der Waals surface area contributed by atoms with Gasteiger partial charge in [0.15, 0.2) is 0 Å². The van der Waals surface area contributed by atoms with Crippen LogP contribution < -0.4 is 5.32 Å². The van der Waals surface area contributed by atoms with Crippen LogP contribution in [0, 0.1) is 0 Å². The van der Waals surface area contributed by atoms with Crippen LogP contribution in [0.2, 0.25) is 5.02 Å². The van der Waals surface area contributed by atoms with E-state index in [1.54, 1.807) is 30.9 Å². The van der Waals surface area contributed by atoms with Crippen molar-refractivity contribution in [2.24, 2.45) is 0 Å². The second-order valence-electron chi connectivity index (χ2n) is 6.22. The molecule has 4 heterocycles. The Morgan fingerprint density at radius 1 is 1.31 bits per heavy atom. The van der Waals surface area contributed by atoms with Gasteiger partial charge in [0.2, 0.25) is 0 Å². The smallest absolute Gasteiger partial charge is 0.407 e. The minimum atomic E-state index is -0.890. The number of amides is 1. The van der Waals surface area contributed by atoms with E-state index in [4.69, 9.17) is 16.7 Å². The standard InChI is InChI=1S/C17H17ClN6O2/c18-11-3-4-16-20-7-14(24(16)9-11)13-6-19-8-15(22-13)21-12-2-1-5-23(10-12)17(25)26/h3-4,6-9,12H,1-2,5,10H2,(H,21,22)(H,25,26)/t12-/m1/s1. The van der Waals surface area contributed by atoms with Gasteiger partial charge >= 0.3 is 6.09 Å². The zero-order valence-electron chi connectivity index (χ0n) is 13.8. The van der Waals surface area contributed by atoms with Gasteiger partial charge in [0.1, 0.15) is 17.2 Å². The molecule has 0 radical (unpaired) electrons. The average Bonchev–Trinajstić information content (AvgIpc) is 3.05. The second-order valence-corrected chi connectivity index (χ2v) is 6.66. The first-order chi connectivity index (χ1) is 12.6. The highest BCUT2D eigenvalue weighted by molar-refractivity contribution is 6.30. The summed E-state index contributed by atoms with van der Waals surface area (Å²) in [5.74, 6) is 0.608. The molecule has 0 unspecified atom stereocenters. The lowest BCUT2D eigenvalue weighted by Crippen LogP contribution is -2.44. The monoisotopic (exact) mass is 372 g/mol. The number of hydrogen-bond acceptors (Lipinski definition) is 5. The van der Waals surface area contributed by atoms with Gasteiger partial charge in [-0.3, -0.25) is 9.38 Å². The molecule has 1 saturated heterocycles. The van der Waals surface area contributed by atoms with Crippen LogP contribution >= 0.6 is 11.6 Å². The van der Waals surface area contributed by atoms with E-state index in [1.807, 2.05) is 10.5 Å². The van der Waals surface area contributed by atoms with E-state index in [9.17, 15) is 4.79 Å². The van der Waals surface area contributed by atoms with Gasteiger partial charge in [-0.15, -0.1) is 0 Å². The van der Waals surface area contributed by atoms with Crippen molar-refractivity contribution in [3.63, 3.8) is 0 Å². The molecule has 8 nitrogen and oxygen atoms in total. The van der Waals surface area contributed by atoms with Crippen LogP contribution in [-0.4, -0.2) is 54.6 Å². The quantitative estimate of drug-likeness (QED) is 0.733. The van der Waals surface area contributed by atoms with Crippen molar-refractivity contribution in [3.8, 4) is 11.4 Å². The zero-order chi connectivity index (χ0) is 18.1. The van der Waals surface area contributed by atoms with Crippen LogP contribution in [0.15, 0.2) is 36.9 Å². The van der Waals surface area contributed by atoms with Gasteiger partial charge in [-0.05, 0) is 25.0 Å². The van der Waals surface area contributed by atoms with Crippen molar-refractivity contribution in [3.05, 3.63) is 41.9 Å². The summed E-state index contributed by atoms with van der Waals surface area (Å²) in [5, 5.41) is 13.1. The van der Waals surface area contributed by atoms with Crippen molar-refractivity contribution >= 4 is 29.2 Å². The van der Waals surface area contributed by atoms with E-state index < -0.39 is 6.09 Å². The molecule has 26 heavy (non-hydrogen) atoms. The highest BCUT2D eigenvalue weighted by Gasteiger charge is 2.23. The molecule has 134 valence electrons. The second kappa shape index (κ2) is 6.80. The summed E-state index contributed by atoms with van der Waals surface area (Å²) in [5.41, 5.74) is 2.22. The number of carboxylic acid groups (broad SMARTS) is 1. The number of piperidine rings is 1. The summed E-state index contributed by atoms with van der Waals surface area (Å²) >= 11 is 6.08. The highest BCUT2D eigenvalue weighted by Crippen LogP contribution is 2.22. The lowest BCUT2D eigenvalue weighted by atomic mass is 10.1. The molecule has 0 aromatic carbocycles. The largest absolute Gasteiger partial charge is 0.465 e. The van der Waals surface area contributed by atoms with Crippen molar-refractivity contribution in [1.82, 2.24) is 24.3 Å². The summed E-state index contributed by atoms with van der Waals surface area (Å²) in [4.78, 5) is 25.8. The molecule has 2 N–H and O–H groups in total. The summed E-state index contributed by atoms with van der Waals surface area (Å²) in [6.45, 7) is 1.01. The number of nitrogens with zero attached hydrogens (tertiary/aromatic N) is 5. The fourth-order valence-electron chi connectivity index (χ4n) is 3.18. The summed E-state index contributed by atoms with van der Waals surface area (Å²) in [6, 6.07) is 3.64. The molecule has 3 aromatic heterocycles. The molecule has 0 saturated carbocycles. The molecule has 9 heteroatoms. The van der Waals surface area contributed by atoms with Gasteiger partial charge in [-0.1, -0.05) is 11.6 Å². The summed E-state index contributed by atoms with van der Waals surface area (Å²) < 4.78 is 1.86. The van der Waals surface area contributed by atoms with E-state index in [-0.39, 0.29) is 6.04 Å². The number of pyridine rings is 1. The van der Waals surface area contributed by atoms with Crippen LogP contribution in [0.3, 0.4) is 0 Å². The fourth-order valence-corrected chi connectivity index (χ4v) is 3.34. The Hall–Kier alpha value is -2.87. The molecule has 1 atom stereocenters. The van der Waals surface area contributed by atoms with Crippen molar-refractivity contribution in [1.29, 1.82) is 0 Å². The van der Waals surface area contributed by atoms with Gasteiger partial charge in [0, 0.05) is 25.3 Å². The Morgan fingerprint density at radius 3 is 3.04 bits per heavy atom. The molecular formula is C17H17ClN6O2. The number of halogens is 1. The highest BCUT2D eigenvalue weighted by atomic mass is 35.5. The third kappa shape index (κ3) is 3.28. The number of likely N-dealkylation sites (tertiary alicyclic amines) is 1.